The smallest absolute Gasteiger partial charge is 0.255 e. The lowest BCUT2D eigenvalue weighted by molar-refractivity contribution is -0.153. The number of amides is 1. The number of hydrogen-bond donors (Lipinski definition) is 6. The molecule has 5 rings (SSSR count). The molecule has 0 aromatic heterocycles. The number of anilines is 1. The number of primary amides is 1. The van der Waals surface area contributed by atoms with Crippen LogP contribution in [-0.2, 0) is 33.8 Å². The summed E-state index contributed by atoms with van der Waals surface area (Å²) in [5.41, 5.74) is 4.87. The zero-order chi connectivity index (χ0) is 31.4. The van der Waals surface area contributed by atoms with Crippen LogP contribution in [0.1, 0.15) is 28.7 Å². The molecular formula is C32H38N4O7. The van der Waals surface area contributed by atoms with Crippen LogP contribution >= 0.6 is 0 Å². The lowest BCUT2D eigenvalue weighted by Gasteiger charge is -2.50. The molecule has 1 unspecified atom stereocenters. The summed E-state index contributed by atoms with van der Waals surface area (Å²) < 4.78 is 0. The number of carbonyl (C=O) groups is 3. The fourth-order valence-corrected chi connectivity index (χ4v) is 6.98. The predicted octanol–water partition coefficient (Wildman–Crippen LogP) is 1.36. The van der Waals surface area contributed by atoms with E-state index in [0.717, 1.165) is 17.7 Å². The van der Waals surface area contributed by atoms with Crippen molar-refractivity contribution >= 4 is 28.9 Å². The van der Waals surface area contributed by atoms with Crippen LogP contribution < -0.4 is 16.0 Å². The summed E-state index contributed by atoms with van der Waals surface area (Å²) in [4.78, 5) is 42.9. The molecule has 3 aliphatic rings. The van der Waals surface area contributed by atoms with Gasteiger partial charge in [-0.1, -0.05) is 30.3 Å². The van der Waals surface area contributed by atoms with Crippen LogP contribution in [-0.4, -0.2) is 89.2 Å². The molecule has 43 heavy (non-hydrogen) atoms. The molecule has 1 amide bonds. The Hall–Kier alpha value is -4.19. The molecule has 2 aromatic carbocycles. The highest BCUT2D eigenvalue weighted by Gasteiger charge is 2.64. The van der Waals surface area contributed by atoms with Crippen molar-refractivity contribution in [2.45, 2.75) is 37.5 Å². The zero-order valence-corrected chi connectivity index (χ0v) is 24.7. The van der Waals surface area contributed by atoms with Crippen LogP contribution in [0.3, 0.4) is 0 Å². The first-order chi connectivity index (χ1) is 20.3. The summed E-state index contributed by atoms with van der Waals surface area (Å²) in [6.45, 7) is 0.927. The maximum absolute atomic E-state index is 14.1. The zero-order valence-electron chi connectivity index (χ0n) is 24.7. The molecule has 0 spiro atoms. The summed E-state index contributed by atoms with van der Waals surface area (Å²) in [6, 6.07) is 10.7. The van der Waals surface area contributed by atoms with E-state index in [1.54, 1.807) is 14.1 Å². The van der Waals surface area contributed by atoms with Crippen LogP contribution in [0.15, 0.2) is 53.3 Å². The largest absolute Gasteiger partial charge is 0.508 e. The number of carbonyl (C=O) groups excluding carboxylic acids is 3. The fraction of sp³-hybridized carbons (Fsp3) is 0.406. The first-order valence-corrected chi connectivity index (χ1v) is 14.2. The van der Waals surface area contributed by atoms with Crippen molar-refractivity contribution in [3.63, 3.8) is 0 Å². The molecule has 0 saturated heterocycles. The monoisotopic (exact) mass is 590 g/mol. The van der Waals surface area contributed by atoms with E-state index < -0.39 is 58.0 Å². The highest BCUT2D eigenvalue weighted by molar-refractivity contribution is 6.24. The van der Waals surface area contributed by atoms with Gasteiger partial charge < -0.3 is 36.4 Å². The Morgan fingerprint density at radius 3 is 2.37 bits per heavy atom. The number of Topliss-reactive ketones (excluding diaryl/α,β-unsaturated/α-hetero) is 2. The van der Waals surface area contributed by atoms with E-state index in [9.17, 15) is 34.8 Å². The number of aromatic hydroxyl groups is 1. The van der Waals surface area contributed by atoms with Gasteiger partial charge in [0.25, 0.3) is 5.91 Å². The first-order valence-electron chi connectivity index (χ1n) is 14.2. The number of benzene rings is 2. The van der Waals surface area contributed by atoms with Gasteiger partial charge in [-0.25, -0.2) is 0 Å². The number of fused-ring (bicyclic) bond motifs is 3. The molecule has 228 valence electrons. The number of nitrogens with zero attached hydrogens (tertiary/aromatic N) is 2. The first kappa shape index (κ1) is 30.3. The van der Waals surface area contributed by atoms with Gasteiger partial charge in [-0.15, -0.1) is 0 Å². The van der Waals surface area contributed by atoms with Gasteiger partial charge in [-0.2, -0.15) is 0 Å². The van der Waals surface area contributed by atoms with Gasteiger partial charge in [0.15, 0.2) is 11.4 Å². The van der Waals surface area contributed by atoms with Crippen molar-refractivity contribution < 1.29 is 34.8 Å². The standard InChI is InChI=1S/C32H38N4O7/c1-35(2)21-14-18(15-34-11-10-16-8-6-5-7-9-16)26(37)23-19(21)12-17-13-20-25(36(3)4)28(39)24(31(33)42)30(41)32(20,43)29(40)22(17)27(23)38/h5-9,14,17,20,25,34,37-38,41,43H,10-13,15H2,1-4H3,(H2,33,42)/t17-,20-,25?,32-/m0/s1. The highest BCUT2D eigenvalue weighted by atomic mass is 16.3. The molecule has 4 atom stereocenters. The normalized spacial score (nSPS) is 25.0. The van der Waals surface area contributed by atoms with Crippen LogP contribution in [0.25, 0.3) is 5.76 Å². The number of aliphatic hydroxyl groups is 3. The Kier molecular flexibility index (Phi) is 7.84. The Morgan fingerprint density at radius 2 is 1.77 bits per heavy atom. The maximum Gasteiger partial charge on any atom is 0.255 e. The quantitative estimate of drug-likeness (QED) is 0.194. The Balaban J connectivity index is 1.58. The molecule has 7 N–H and O–H groups in total. The average molecular weight is 591 g/mol. The predicted molar refractivity (Wildman–Crippen MR) is 160 cm³/mol. The van der Waals surface area contributed by atoms with Gasteiger partial charge in [-0.05, 0) is 63.0 Å². The van der Waals surface area contributed by atoms with Crippen LogP contribution in [0.5, 0.6) is 5.75 Å². The van der Waals surface area contributed by atoms with Gasteiger partial charge in [0.1, 0.15) is 22.8 Å². The van der Waals surface area contributed by atoms with Crippen molar-refractivity contribution in [3.05, 3.63) is 75.6 Å². The third-order valence-corrected chi connectivity index (χ3v) is 9.01. The number of hydrogen-bond acceptors (Lipinski definition) is 10. The van der Waals surface area contributed by atoms with Crippen LogP contribution in [0.4, 0.5) is 5.69 Å². The molecule has 1 fully saturated rings. The number of phenolic OH excluding ortho intramolecular Hbond substituents is 1. The van der Waals surface area contributed by atoms with E-state index >= 15 is 0 Å². The second kappa shape index (κ2) is 11.1. The number of rotatable bonds is 8. The lowest BCUT2D eigenvalue weighted by atomic mass is 9.57. The van der Waals surface area contributed by atoms with E-state index in [4.69, 9.17) is 5.73 Å². The van der Waals surface area contributed by atoms with Crippen molar-refractivity contribution in [1.29, 1.82) is 0 Å². The number of ketones is 2. The Morgan fingerprint density at radius 1 is 1.09 bits per heavy atom. The molecule has 11 heteroatoms. The Bertz CT molecular complexity index is 1560. The number of nitrogens with one attached hydrogen (secondary N) is 1. The lowest BCUT2D eigenvalue weighted by Crippen LogP contribution is -2.65. The molecule has 0 aliphatic heterocycles. The third-order valence-electron chi connectivity index (χ3n) is 9.01. The summed E-state index contributed by atoms with van der Waals surface area (Å²) in [5.74, 6) is -6.60. The molecule has 0 radical (unpaired) electrons. The highest BCUT2D eigenvalue weighted by Crippen LogP contribution is 2.54. The van der Waals surface area contributed by atoms with Gasteiger partial charge in [0.05, 0.1) is 11.6 Å². The topological polar surface area (TPSA) is 177 Å². The summed E-state index contributed by atoms with van der Waals surface area (Å²) in [6.07, 6.45) is 1.05. The van der Waals surface area contributed by atoms with Gasteiger partial charge >= 0.3 is 0 Å². The van der Waals surface area contributed by atoms with E-state index in [2.05, 4.69) is 5.32 Å². The number of nitrogens with two attached hydrogens (primary N) is 1. The van der Waals surface area contributed by atoms with Gasteiger partial charge in [0.2, 0.25) is 5.78 Å². The molecule has 1 saturated carbocycles. The molecule has 3 aliphatic carbocycles. The fourth-order valence-electron chi connectivity index (χ4n) is 6.98. The molecule has 2 aromatic rings. The second-order valence-electron chi connectivity index (χ2n) is 12.0. The SMILES string of the molecule is CN(C)c1cc(CNCCc2ccccc2)c(O)c2c1C[C@H]1C[C@H]3C(N(C)C)C(=O)C(C(N)=O)=C(O)[C@@]3(O)C(=O)C1=C2O. The summed E-state index contributed by atoms with van der Waals surface area (Å²) >= 11 is 0. The van der Waals surface area contributed by atoms with E-state index in [1.807, 2.05) is 55.4 Å². The minimum atomic E-state index is -2.67. The van der Waals surface area contributed by atoms with Crippen LogP contribution in [0, 0.1) is 11.8 Å². The molecule has 0 heterocycles. The third kappa shape index (κ3) is 4.77. The van der Waals surface area contributed by atoms with Crippen molar-refractivity contribution in [2.75, 3.05) is 39.6 Å². The molecular weight excluding hydrogens is 552 g/mol. The van der Waals surface area contributed by atoms with Crippen molar-refractivity contribution in [2.24, 2.45) is 17.6 Å². The van der Waals surface area contributed by atoms with Gasteiger partial charge in [0, 0.05) is 43.4 Å². The van der Waals surface area contributed by atoms with E-state index in [0.29, 0.717) is 17.7 Å². The van der Waals surface area contributed by atoms with E-state index in [1.165, 1.54) is 4.90 Å². The molecule has 11 nitrogen and oxygen atoms in total. The number of aliphatic hydroxyl groups excluding tert-OH is 2. The Labute approximate surface area is 249 Å². The maximum atomic E-state index is 14.1. The number of likely N-dealkylation sites (N-methyl/N-ethyl adjacent to an activating group) is 1. The minimum absolute atomic E-state index is 0.0438. The second-order valence-corrected chi connectivity index (χ2v) is 12.0. The average Bonchev–Trinajstić information content (AvgIpc) is 2.94. The summed E-state index contributed by atoms with van der Waals surface area (Å²) in [7, 11) is 6.84. The number of phenols is 1. The summed E-state index contributed by atoms with van der Waals surface area (Å²) in [5, 5.41) is 49.2. The van der Waals surface area contributed by atoms with Crippen molar-refractivity contribution in [1.82, 2.24) is 10.2 Å². The molecule has 0 bridgehead atoms. The van der Waals surface area contributed by atoms with Gasteiger partial charge in [-0.3, -0.25) is 19.3 Å². The van der Waals surface area contributed by atoms with E-state index in [-0.39, 0.29) is 36.3 Å². The van der Waals surface area contributed by atoms with Crippen LogP contribution in [0.2, 0.25) is 0 Å². The minimum Gasteiger partial charge on any atom is -0.508 e. The van der Waals surface area contributed by atoms with Crippen molar-refractivity contribution in [3.8, 4) is 5.75 Å².